The van der Waals surface area contributed by atoms with Crippen LogP contribution in [0.15, 0.2) is 97.5 Å². The van der Waals surface area contributed by atoms with E-state index in [1.165, 1.54) is 6.33 Å². The van der Waals surface area contributed by atoms with E-state index in [1.807, 2.05) is 95.7 Å². The maximum absolute atomic E-state index is 11.1. The minimum absolute atomic E-state index is 0.126. The Kier molecular flexibility index (Phi) is 7.32. The number of fused-ring (bicyclic) bond motifs is 1. The second-order valence-corrected chi connectivity index (χ2v) is 9.97. The van der Waals surface area contributed by atoms with E-state index in [0.29, 0.717) is 17.9 Å². The number of methoxy groups -OCH3 is 2. The molecule has 1 aliphatic rings. The van der Waals surface area contributed by atoms with Crippen LogP contribution in [0.3, 0.4) is 0 Å². The van der Waals surface area contributed by atoms with Crippen molar-refractivity contribution in [2.75, 3.05) is 26.6 Å². The Morgan fingerprint density at radius 2 is 1.49 bits per heavy atom. The molecule has 0 amide bonds. The fourth-order valence-corrected chi connectivity index (χ4v) is 5.54. The quantitative estimate of drug-likeness (QED) is 0.253. The summed E-state index contributed by atoms with van der Waals surface area (Å²) >= 11 is 0. The van der Waals surface area contributed by atoms with Crippen LogP contribution in [0.4, 0.5) is 5.82 Å². The van der Waals surface area contributed by atoms with E-state index in [4.69, 9.17) is 24.7 Å². The van der Waals surface area contributed by atoms with Crippen molar-refractivity contribution < 1.29 is 24.1 Å². The van der Waals surface area contributed by atoms with Crippen LogP contribution in [0, 0.1) is 0 Å². The van der Waals surface area contributed by atoms with Crippen LogP contribution in [0.1, 0.15) is 29.3 Å². The fraction of sp³-hybridized carbons (Fsp3) is 0.250. The van der Waals surface area contributed by atoms with Gasteiger partial charge in [0.25, 0.3) is 0 Å². The molecule has 0 radical (unpaired) electrons. The third kappa shape index (κ3) is 4.88. The number of nitrogens with two attached hydrogens (primary N) is 1. The van der Waals surface area contributed by atoms with Crippen molar-refractivity contribution in [3.05, 3.63) is 114 Å². The van der Waals surface area contributed by atoms with Crippen molar-refractivity contribution in [2.24, 2.45) is 0 Å². The highest BCUT2D eigenvalue weighted by Gasteiger charge is 2.42. The van der Waals surface area contributed by atoms with Crippen LogP contribution in [-0.2, 0) is 15.1 Å². The summed E-state index contributed by atoms with van der Waals surface area (Å²) in [5, 5.41) is 11.9. The van der Waals surface area contributed by atoms with Gasteiger partial charge in [-0.25, -0.2) is 9.97 Å². The minimum atomic E-state index is -1.01. The number of hydrogen-bond acceptors (Lipinski definition) is 8. The summed E-state index contributed by atoms with van der Waals surface area (Å²) in [6.07, 6.45) is 1.90. The number of benzene rings is 3. The highest BCUT2D eigenvalue weighted by atomic mass is 16.6. The Balaban J connectivity index is 1.37. The summed E-state index contributed by atoms with van der Waals surface area (Å²) < 4.78 is 26.1. The van der Waals surface area contributed by atoms with Gasteiger partial charge >= 0.3 is 0 Å². The number of nitrogens with zero attached hydrogens (tertiary/aromatic N) is 3. The van der Waals surface area contributed by atoms with Gasteiger partial charge in [0.1, 0.15) is 47.2 Å². The van der Waals surface area contributed by atoms with Crippen LogP contribution >= 0.6 is 0 Å². The SMILES string of the molecule is COc1ccc(C(OC[C@H]2O[C@@H](n3ccc4c(N)ncnc43)CC2O)(c2ccccc2)c2ccc(OC)cc2)cc1. The molecule has 9 heteroatoms. The fourth-order valence-electron chi connectivity index (χ4n) is 5.54. The molecular formula is C32H32N4O5. The van der Waals surface area contributed by atoms with Crippen LogP contribution in [-0.4, -0.2) is 52.7 Å². The van der Waals surface area contributed by atoms with Crippen molar-refractivity contribution in [2.45, 2.75) is 30.5 Å². The lowest BCUT2D eigenvalue weighted by molar-refractivity contribution is -0.0930. The predicted octanol–water partition coefficient (Wildman–Crippen LogP) is 4.69. The van der Waals surface area contributed by atoms with E-state index in [2.05, 4.69) is 9.97 Å². The van der Waals surface area contributed by atoms with Gasteiger partial charge in [0, 0.05) is 12.6 Å². The molecule has 1 fully saturated rings. The molecule has 1 saturated heterocycles. The lowest BCUT2D eigenvalue weighted by Gasteiger charge is -2.37. The first-order valence-corrected chi connectivity index (χ1v) is 13.4. The number of anilines is 1. The van der Waals surface area contributed by atoms with E-state index in [1.54, 1.807) is 14.2 Å². The number of aromatic nitrogens is 3. The van der Waals surface area contributed by atoms with Gasteiger partial charge in [-0.1, -0.05) is 54.6 Å². The van der Waals surface area contributed by atoms with Gasteiger partial charge in [-0.2, -0.15) is 0 Å². The standard InChI is InChI=1S/C32H32N4O5/c1-38-24-12-8-22(9-13-24)32(21-6-4-3-5-7-21,23-10-14-25(39-2)15-11-23)40-19-28-27(37)18-29(41-28)36-17-16-26-30(33)34-20-35-31(26)36/h3-17,20,27-29,37H,18-19H2,1-2H3,(H2,33,34,35)/t27?,28-,29-/m1/s1. The number of rotatable bonds is 9. The maximum atomic E-state index is 11.1. The predicted molar refractivity (Wildman–Crippen MR) is 155 cm³/mol. The van der Waals surface area contributed by atoms with Crippen molar-refractivity contribution in [3.8, 4) is 11.5 Å². The molecule has 1 unspecified atom stereocenters. The zero-order valence-corrected chi connectivity index (χ0v) is 22.9. The molecule has 0 aliphatic carbocycles. The summed E-state index contributed by atoms with van der Waals surface area (Å²) in [4.78, 5) is 8.46. The first-order chi connectivity index (χ1) is 20.0. The highest BCUT2D eigenvalue weighted by molar-refractivity contribution is 5.86. The van der Waals surface area contributed by atoms with Crippen LogP contribution in [0.5, 0.6) is 11.5 Å². The van der Waals surface area contributed by atoms with Crippen LogP contribution in [0.2, 0.25) is 0 Å². The molecule has 2 aromatic heterocycles. The molecule has 3 atom stereocenters. The van der Waals surface area contributed by atoms with Gasteiger partial charge in [0.15, 0.2) is 0 Å². The molecule has 5 aromatic rings. The topological polar surface area (TPSA) is 114 Å². The third-order valence-corrected chi connectivity index (χ3v) is 7.69. The Hall–Kier alpha value is -4.44. The first kappa shape index (κ1) is 26.8. The first-order valence-electron chi connectivity index (χ1n) is 13.4. The van der Waals surface area contributed by atoms with Crippen molar-refractivity contribution in [3.63, 3.8) is 0 Å². The number of ether oxygens (including phenoxy) is 4. The van der Waals surface area contributed by atoms with Gasteiger partial charge in [0.05, 0.1) is 32.3 Å². The molecule has 41 heavy (non-hydrogen) atoms. The Morgan fingerprint density at radius 1 is 0.878 bits per heavy atom. The zero-order chi connectivity index (χ0) is 28.4. The molecule has 3 heterocycles. The molecule has 3 N–H and O–H groups in total. The van der Waals surface area contributed by atoms with Gasteiger partial charge in [-0.15, -0.1) is 0 Å². The van der Waals surface area contributed by atoms with E-state index < -0.39 is 24.0 Å². The summed E-state index contributed by atoms with van der Waals surface area (Å²) in [6.45, 7) is 0.126. The van der Waals surface area contributed by atoms with E-state index >= 15 is 0 Å². The van der Waals surface area contributed by atoms with Crippen molar-refractivity contribution >= 4 is 16.9 Å². The number of hydrogen-bond donors (Lipinski definition) is 2. The third-order valence-electron chi connectivity index (χ3n) is 7.69. The molecule has 0 spiro atoms. The average molecular weight is 553 g/mol. The smallest absolute Gasteiger partial charge is 0.147 e. The largest absolute Gasteiger partial charge is 0.497 e. The lowest BCUT2D eigenvalue weighted by atomic mass is 9.80. The van der Waals surface area contributed by atoms with E-state index in [9.17, 15) is 5.11 Å². The molecule has 3 aromatic carbocycles. The van der Waals surface area contributed by atoms with Crippen LogP contribution < -0.4 is 15.2 Å². The molecule has 6 rings (SSSR count). The molecule has 0 bridgehead atoms. The lowest BCUT2D eigenvalue weighted by Crippen LogP contribution is -2.38. The van der Waals surface area contributed by atoms with Gasteiger partial charge in [-0.05, 0) is 47.0 Å². The monoisotopic (exact) mass is 552 g/mol. The number of aliphatic hydroxyl groups is 1. The van der Waals surface area contributed by atoms with Crippen molar-refractivity contribution in [1.82, 2.24) is 14.5 Å². The normalized spacial score (nSPS) is 19.0. The Bertz CT molecular complexity index is 1560. The zero-order valence-electron chi connectivity index (χ0n) is 22.9. The summed E-state index contributed by atoms with van der Waals surface area (Å²) in [5.41, 5.74) is 8.42. The molecule has 1 aliphatic heterocycles. The maximum Gasteiger partial charge on any atom is 0.147 e. The summed E-state index contributed by atoms with van der Waals surface area (Å²) in [6, 6.07) is 27.6. The average Bonchev–Trinajstić information content (AvgIpc) is 3.62. The highest BCUT2D eigenvalue weighted by Crippen LogP contribution is 2.43. The Morgan fingerprint density at radius 3 is 2.10 bits per heavy atom. The molecule has 9 nitrogen and oxygen atoms in total. The van der Waals surface area contributed by atoms with Crippen molar-refractivity contribution in [1.29, 1.82) is 0 Å². The second kappa shape index (κ2) is 11.2. The van der Waals surface area contributed by atoms with Gasteiger partial charge in [-0.3, -0.25) is 0 Å². The second-order valence-electron chi connectivity index (χ2n) is 9.97. The molecule has 210 valence electrons. The number of aliphatic hydroxyl groups excluding tert-OH is 1. The molecule has 0 saturated carbocycles. The van der Waals surface area contributed by atoms with Crippen LogP contribution in [0.25, 0.3) is 11.0 Å². The van der Waals surface area contributed by atoms with E-state index in [0.717, 1.165) is 33.6 Å². The van der Waals surface area contributed by atoms with Gasteiger partial charge < -0.3 is 34.4 Å². The number of nitrogen functional groups attached to an aromatic ring is 1. The van der Waals surface area contributed by atoms with E-state index in [-0.39, 0.29) is 6.61 Å². The summed E-state index contributed by atoms with van der Waals surface area (Å²) in [7, 11) is 3.28. The minimum Gasteiger partial charge on any atom is -0.497 e. The van der Waals surface area contributed by atoms with Gasteiger partial charge in [0.2, 0.25) is 0 Å². The molecular weight excluding hydrogens is 520 g/mol. The Labute approximate surface area is 238 Å². The summed E-state index contributed by atoms with van der Waals surface area (Å²) in [5.74, 6) is 1.89.